The average molecular weight is 282 g/mol. The Labute approximate surface area is 113 Å². The lowest BCUT2D eigenvalue weighted by molar-refractivity contribution is 0.201. The normalized spacial score (nSPS) is 11.9. The zero-order valence-corrected chi connectivity index (χ0v) is 10.4. The van der Waals surface area contributed by atoms with Crippen LogP contribution in [0.3, 0.4) is 0 Å². The minimum absolute atomic E-state index is 0.0313. The van der Waals surface area contributed by atoms with Gasteiger partial charge in [-0.3, -0.25) is 0 Å². The molecule has 0 saturated heterocycles. The first-order valence-electron chi connectivity index (χ1n) is 5.32. The maximum Gasteiger partial charge on any atom is 0.156 e. The number of rotatable bonds is 4. The number of halogens is 2. The van der Waals surface area contributed by atoms with Crippen molar-refractivity contribution < 1.29 is 13.7 Å². The number of nitrogens with two attached hydrogens (primary N) is 1. The van der Waals surface area contributed by atoms with Gasteiger partial charge in [-0.05, 0) is 6.07 Å². The number of ether oxygens (including phenoxy) is 1. The van der Waals surface area contributed by atoms with Crippen molar-refractivity contribution in [2.24, 2.45) is 5.73 Å². The van der Waals surface area contributed by atoms with Crippen molar-refractivity contribution in [3.8, 4) is 11.8 Å². The van der Waals surface area contributed by atoms with Crippen LogP contribution in [0.2, 0.25) is 5.02 Å². The van der Waals surface area contributed by atoms with Gasteiger partial charge in [0.2, 0.25) is 0 Å². The van der Waals surface area contributed by atoms with Gasteiger partial charge in [-0.2, -0.15) is 5.26 Å². The fourth-order valence-corrected chi connectivity index (χ4v) is 1.64. The van der Waals surface area contributed by atoms with Gasteiger partial charge in [0.25, 0.3) is 0 Å². The van der Waals surface area contributed by atoms with Gasteiger partial charge in [-0.1, -0.05) is 16.8 Å². The molecule has 0 fully saturated rings. The third-order valence-corrected chi connectivity index (χ3v) is 2.70. The molecule has 0 radical (unpaired) electrons. The predicted molar refractivity (Wildman–Crippen MR) is 65.1 cm³/mol. The SMILES string of the molecule is N#Cc1cc(F)c(Cl)cc1O[C@H](CN)c1ccon1. The van der Waals surface area contributed by atoms with Crippen LogP contribution in [0, 0.1) is 17.1 Å². The van der Waals surface area contributed by atoms with Gasteiger partial charge < -0.3 is 15.0 Å². The van der Waals surface area contributed by atoms with E-state index in [1.807, 2.05) is 6.07 Å². The van der Waals surface area contributed by atoms with Gasteiger partial charge >= 0.3 is 0 Å². The highest BCUT2D eigenvalue weighted by Crippen LogP contribution is 2.29. The van der Waals surface area contributed by atoms with Crippen molar-refractivity contribution in [2.45, 2.75) is 6.10 Å². The highest BCUT2D eigenvalue weighted by molar-refractivity contribution is 6.30. The van der Waals surface area contributed by atoms with Crippen molar-refractivity contribution in [1.82, 2.24) is 5.16 Å². The lowest BCUT2D eigenvalue weighted by atomic mass is 10.2. The van der Waals surface area contributed by atoms with Crippen molar-refractivity contribution >= 4 is 11.6 Å². The van der Waals surface area contributed by atoms with E-state index in [-0.39, 0.29) is 22.9 Å². The van der Waals surface area contributed by atoms with Gasteiger partial charge in [-0.15, -0.1) is 0 Å². The quantitative estimate of drug-likeness (QED) is 0.930. The number of nitriles is 1. The summed E-state index contributed by atoms with van der Waals surface area (Å²) in [7, 11) is 0. The van der Waals surface area contributed by atoms with Crippen LogP contribution in [0.5, 0.6) is 5.75 Å². The highest BCUT2D eigenvalue weighted by atomic mass is 35.5. The maximum atomic E-state index is 13.2. The van der Waals surface area contributed by atoms with E-state index in [2.05, 4.69) is 5.16 Å². The van der Waals surface area contributed by atoms with E-state index >= 15 is 0 Å². The Hall–Kier alpha value is -2.10. The molecule has 2 aromatic rings. The van der Waals surface area contributed by atoms with Crippen molar-refractivity contribution in [1.29, 1.82) is 5.26 Å². The molecule has 0 aliphatic rings. The molecule has 98 valence electrons. The monoisotopic (exact) mass is 281 g/mol. The molecule has 19 heavy (non-hydrogen) atoms. The Morgan fingerprint density at radius 2 is 2.37 bits per heavy atom. The van der Waals surface area contributed by atoms with E-state index in [4.69, 9.17) is 31.9 Å². The predicted octanol–water partition coefficient (Wildman–Crippen LogP) is 2.42. The molecule has 1 atom stereocenters. The molecule has 0 aliphatic carbocycles. The van der Waals surface area contributed by atoms with Crippen LogP contribution in [0.4, 0.5) is 4.39 Å². The first kappa shape index (κ1) is 13.3. The number of hydrogen-bond acceptors (Lipinski definition) is 5. The van der Waals surface area contributed by atoms with Crippen LogP contribution in [0.1, 0.15) is 17.4 Å². The summed E-state index contributed by atoms with van der Waals surface area (Å²) in [6, 6.07) is 5.66. The van der Waals surface area contributed by atoms with Gasteiger partial charge in [0.15, 0.2) is 6.10 Å². The van der Waals surface area contributed by atoms with Crippen molar-refractivity contribution in [3.05, 3.63) is 46.6 Å². The maximum absolute atomic E-state index is 13.2. The Bertz CT molecular complexity index is 610. The number of benzene rings is 1. The molecule has 1 aromatic carbocycles. The molecule has 5 nitrogen and oxygen atoms in total. The van der Waals surface area contributed by atoms with E-state index in [0.717, 1.165) is 6.07 Å². The lowest BCUT2D eigenvalue weighted by Gasteiger charge is -2.16. The molecule has 0 amide bonds. The fourth-order valence-electron chi connectivity index (χ4n) is 1.48. The molecular formula is C12H9ClFN3O2. The number of hydrogen-bond donors (Lipinski definition) is 1. The van der Waals surface area contributed by atoms with Crippen molar-refractivity contribution in [3.63, 3.8) is 0 Å². The summed E-state index contributed by atoms with van der Waals surface area (Å²) in [6.07, 6.45) is 0.775. The van der Waals surface area contributed by atoms with Crippen LogP contribution in [0.25, 0.3) is 0 Å². The molecule has 0 aliphatic heterocycles. The highest BCUT2D eigenvalue weighted by Gasteiger charge is 2.18. The second kappa shape index (κ2) is 5.69. The van der Waals surface area contributed by atoms with E-state index in [9.17, 15) is 4.39 Å². The molecule has 0 spiro atoms. The smallest absolute Gasteiger partial charge is 0.156 e. The molecular weight excluding hydrogens is 273 g/mol. The largest absolute Gasteiger partial charge is 0.481 e. The second-order valence-corrected chi connectivity index (χ2v) is 4.05. The fraction of sp³-hybridized carbons (Fsp3) is 0.167. The molecule has 1 aromatic heterocycles. The van der Waals surface area contributed by atoms with Gasteiger partial charge in [0.1, 0.15) is 29.6 Å². The number of aromatic nitrogens is 1. The number of nitrogens with zero attached hydrogens (tertiary/aromatic N) is 2. The van der Waals surface area contributed by atoms with E-state index < -0.39 is 11.9 Å². The summed E-state index contributed by atoms with van der Waals surface area (Å²) >= 11 is 5.66. The molecule has 2 N–H and O–H groups in total. The summed E-state index contributed by atoms with van der Waals surface area (Å²) < 4.78 is 23.5. The topological polar surface area (TPSA) is 85.1 Å². The summed E-state index contributed by atoms with van der Waals surface area (Å²) in [5.74, 6) is -0.538. The van der Waals surface area contributed by atoms with E-state index in [0.29, 0.717) is 5.69 Å². The Kier molecular flexibility index (Phi) is 4.00. The summed E-state index contributed by atoms with van der Waals surface area (Å²) in [5, 5.41) is 12.5. The minimum atomic E-state index is -0.684. The Balaban J connectivity index is 2.32. The molecule has 0 bridgehead atoms. The Morgan fingerprint density at radius 1 is 1.58 bits per heavy atom. The third kappa shape index (κ3) is 2.84. The van der Waals surface area contributed by atoms with Crippen molar-refractivity contribution in [2.75, 3.05) is 6.54 Å². The standard InChI is InChI=1S/C12H9ClFN3O2/c13-8-4-11(7(5-15)3-9(8)14)19-12(6-16)10-1-2-18-17-10/h1-4,12H,6,16H2/t12-/m1/s1. The molecule has 7 heteroatoms. The zero-order chi connectivity index (χ0) is 13.8. The molecule has 1 heterocycles. The van der Waals surface area contributed by atoms with Gasteiger partial charge in [-0.25, -0.2) is 4.39 Å². The van der Waals surface area contributed by atoms with Crippen LogP contribution in [-0.4, -0.2) is 11.7 Å². The molecule has 2 rings (SSSR count). The summed E-state index contributed by atoms with van der Waals surface area (Å²) in [6.45, 7) is 0.117. The van der Waals surface area contributed by atoms with Crippen LogP contribution >= 0.6 is 11.6 Å². The first-order chi connectivity index (χ1) is 9.15. The zero-order valence-electron chi connectivity index (χ0n) is 9.64. The van der Waals surface area contributed by atoms with E-state index in [1.54, 1.807) is 6.07 Å². The minimum Gasteiger partial charge on any atom is -0.481 e. The average Bonchev–Trinajstić information content (AvgIpc) is 2.93. The van der Waals surface area contributed by atoms with Crippen LogP contribution < -0.4 is 10.5 Å². The molecule has 0 saturated carbocycles. The van der Waals surface area contributed by atoms with Gasteiger partial charge in [0.05, 0.1) is 10.6 Å². The summed E-state index contributed by atoms with van der Waals surface area (Å²) in [4.78, 5) is 0. The van der Waals surface area contributed by atoms with Crippen LogP contribution in [-0.2, 0) is 0 Å². The second-order valence-electron chi connectivity index (χ2n) is 3.64. The first-order valence-corrected chi connectivity index (χ1v) is 5.69. The lowest BCUT2D eigenvalue weighted by Crippen LogP contribution is -2.19. The summed E-state index contributed by atoms with van der Waals surface area (Å²) in [5.41, 5.74) is 6.08. The van der Waals surface area contributed by atoms with Gasteiger partial charge in [0, 0.05) is 18.7 Å². The Morgan fingerprint density at radius 3 is 2.95 bits per heavy atom. The third-order valence-electron chi connectivity index (χ3n) is 2.41. The molecule has 0 unspecified atom stereocenters. The van der Waals surface area contributed by atoms with E-state index in [1.165, 1.54) is 12.3 Å². The van der Waals surface area contributed by atoms with Crippen LogP contribution in [0.15, 0.2) is 29.0 Å².